The Morgan fingerprint density at radius 3 is 2.21 bits per heavy atom. The number of ether oxygens (including phenoxy) is 1. The Balaban J connectivity index is 1.70. The molecular formula is C34H43N3O5S. The summed E-state index contributed by atoms with van der Waals surface area (Å²) in [6, 6.07) is 20.3. The first kappa shape index (κ1) is 32.1. The topological polar surface area (TPSA) is 96.0 Å². The number of hydrogen-bond donors (Lipinski definition) is 1. The Labute approximate surface area is 256 Å². The van der Waals surface area contributed by atoms with Gasteiger partial charge in [0.1, 0.15) is 18.3 Å². The van der Waals surface area contributed by atoms with Crippen molar-refractivity contribution < 1.29 is 22.7 Å². The van der Waals surface area contributed by atoms with Crippen molar-refractivity contribution in [2.75, 3.05) is 18.0 Å². The largest absolute Gasteiger partial charge is 0.497 e. The minimum Gasteiger partial charge on any atom is -0.497 e. The van der Waals surface area contributed by atoms with Gasteiger partial charge in [0.15, 0.2) is 0 Å². The van der Waals surface area contributed by atoms with E-state index in [1.807, 2.05) is 51.1 Å². The van der Waals surface area contributed by atoms with E-state index in [0.717, 1.165) is 53.1 Å². The van der Waals surface area contributed by atoms with Gasteiger partial charge in [-0.25, -0.2) is 8.42 Å². The van der Waals surface area contributed by atoms with Gasteiger partial charge in [-0.1, -0.05) is 68.1 Å². The van der Waals surface area contributed by atoms with Crippen LogP contribution >= 0.6 is 0 Å². The molecule has 0 aromatic heterocycles. The highest BCUT2D eigenvalue weighted by Gasteiger charge is 2.34. The van der Waals surface area contributed by atoms with Gasteiger partial charge in [0.25, 0.3) is 10.0 Å². The normalized spacial score (nSPS) is 14.5. The molecule has 9 heteroatoms. The molecule has 0 saturated heterocycles. The van der Waals surface area contributed by atoms with Crippen molar-refractivity contribution in [3.8, 4) is 5.75 Å². The summed E-state index contributed by atoms with van der Waals surface area (Å²) in [5, 5.41) is 3.18. The van der Waals surface area contributed by atoms with E-state index in [4.69, 9.17) is 4.74 Å². The van der Waals surface area contributed by atoms with Crippen molar-refractivity contribution in [1.29, 1.82) is 0 Å². The molecule has 3 aromatic rings. The molecule has 4 rings (SSSR count). The van der Waals surface area contributed by atoms with E-state index < -0.39 is 28.5 Å². The van der Waals surface area contributed by atoms with E-state index in [1.54, 1.807) is 49.6 Å². The average Bonchev–Trinajstić information content (AvgIpc) is 3.00. The van der Waals surface area contributed by atoms with Gasteiger partial charge in [-0.3, -0.25) is 13.9 Å². The predicted octanol–water partition coefficient (Wildman–Crippen LogP) is 5.76. The highest BCUT2D eigenvalue weighted by atomic mass is 32.2. The lowest BCUT2D eigenvalue weighted by molar-refractivity contribution is -0.140. The van der Waals surface area contributed by atoms with Gasteiger partial charge in [-0.15, -0.1) is 0 Å². The van der Waals surface area contributed by atoms with Gasteiger partial charge in [0.05, 0.1) is 17.7 Å². The van der Waals surface area contributed by atoms with Crippen LogP contribution in [0.1, 0.15) is 62.1 Å². The summed E-state index contributed by atoms with van der Waals surface area (Å²) in [5.74, 6) is 0.0111. The Hall–Kier alpha value is -3.85. The van der Waals surface area contributed by atoms with Crippen LogP contribution in [0.25, 0.3) is 0 Å². The first-order valence-electron chi connectivity index (χ1n) is 15.0. The van der Waals surface area contributed by atoms with Crippen LogP contribution in [0, 0.1) is 13.8 Å². The van der Waals surface area contributed by atoms with Crippen molar-refractivity contribution in [3.05, 3.63) is 89.5 Å². The molecule has 0 spiro atoms. The van der Waals surface area contributed by atoms with Gasteiger partial charge >= 0.3 is 0 Å². The standard InChI is InChI=1S/C34H43N3O5S/c1-5-32(34(39)35-28-11-7-6-8-12-28)36(23-27-16-18-30(42-4)19-17-27)33(38)24-37(29-13-9-10-26(3)22-29)43(40,41)31-20-14-25(2)15-21-31/h9-10,13-22,28,32H,5-8,11-12,23-24H2,1-4H3,(H,35,39)/t32-/m1/s1. The van der Waals surface area contributed by atoms with Gasteiger partial charge in [0, 0.05) is 12.6 Å². The summed E-state index contributed by atoms with van der Waals surface area (Å²) < 4.78 is 34.5. The van der Waals surface area contributed by atoms with Gasteiger partial charge in [0.2, 0.25) is 11.8 Å². The first-order valence-corrected chi connectivity index (χ1v) is 16.4. The van der Waals surface area contributed by atoms with Crippen molar-refractivity contribution in [2.24, 2.45) is 0 Å². The summed E-state index contributed by atoms with van der Waals surface area (Å²) in [4.78, 5) is 29.6. The molecule has 1 N–H and O–H groups in total. The Kier molecular flexibility index (Phi) is 10.9. The molecular weight excluding hydrogens is 562 g/mol. The van der Waals surface area contributed by atoms with Gasteiger partial charge in [-0.2, -0.15) is 0 Å². The third kappa shape index (κ3) is 8.16. The van der Waals surface area contributed by atoms with Crippen molar-refractivity contribution >= 4 is 27.5 Å². The molecule has 1 aliphatic carbocycles. The number of nitrogens with one attached hydrogen (secondary N) is 1. The van der Waals surface area contributed by atoms with Crippen molar-refractivity contribution in [3.63, 3.8) is 0 Å². The minimum atomic E-state index is -4.10. The molecule has 0 radical (unpaired) electrons. The van der Waals surface area contributed by atoms with Crippen molar-refractivity contribution in [2.45, 2.75) is 82.8 Å². The molecule has 8 nitrogen and oxygen atoms in total. The molecule has 1 saturated carbocycles. The van der Waals surface area contributed by atoms with Crippen LogP contribution in [0.5, 0.6) is 5.75 Å². The summed E-state index contributed by atoms with van der Waals surface area (Å²) in [6.45, 7) is 5.33. The molecule has 1 fully saturated rings. The Morgan fingerprint density at radius 2 is 1.60 bits per heavy atom. The highest BCUT2D eigenvalue weighted by Crippen LogP contribution is 2.26. The third-order valence-electron chi connectivity index (χ3n) is 8.03. The summed E-state index contributed by atoms with van der Waals surface area (Å²) >= 11 is 0. The van der Waals surface area contributed by atoms with Crippen LogP contribution in [-0.4, -0.2) is 50.9 Å². The van der Waals surface area contributed by atoms with E-state index in [0.29, 0.717) is 17.9 Å². The number of carbonyl (C=O) groups excluding carboxylic acids is 2. The number of hydrogen-bond acceptors (Lipinski definition) is 5. The number of aryl methyl sites for hydroxylation is 2. The smallest absolute Gasteiger partial charge is 0.264 e. The lowest BCUT2D eigenvalue weighted by atomic mass is 9.95. The molecule has 0 heterocycles. The maximum Gasteiger partial charge on any atom is 0.264 e. The lowest BCUT2D eigenvalue weighted by Crippen LogP contribution is -2.54. The molecule has 3 aromatic carbocycles. The Morgan fingerprint density at radius 1 is 0.930 bits per heavy atom. The van der Waals surface area contributed by atoms with Crippen LogP contribution in [0.2, 0.25) is 0 Å². The monoisotopic (exact) mass is 605 g/mol. The number of methoxy groups -OCH3 is 1. The quantitative estimate of drug-likeness (QED) is 0.283. The lowest BCUT2D eigenvalue weighted by Gasteiger charge is -2.34. The molecule has 0 bridgehead atoms. The van der Waals surface area contributed by atoms with Crippen molar-refractivity contribution in [1.82, 2.24) is 10.2 Å². The molecule has 0 aliphatic heterocycles. The zero-order chi connectivity index (χ0) is 31.0. The number of anilines is 1. The zero-order valence-corrected chi connectivity index (χ0v) is 26.4. The SMILES string of the molecule is CC[C@H](C(=O)NC1CCCCC1)N(Cc1ccc(OC)cc1)C(=O)CN(c1cccc(C)c1)S(=O)(=O)c1ccc(C)cc1. The minimum absolute atomic E-state index is 0.0824. The van der Waals surface area contributed by atoms with Crippen LogP contribution < -0.4 is 14.4 Å². The van der Waals surface area contributed by atoms with Crippen LogP contribution in [0.4, 0.5) is 5.69 Å². The van der Waals surface area contributed by atoms with E-state index in [2.05, 4.69) is 5.32 Å². The average molecular weight is 606 g/mol. The zero-order valence-electron chi connectivity index (χ0n) is 25.6. The fourth-order valence-electron chi connectivity index (χ4n) is 5.54. The van der Waals surface area contributed by atoms with E-state index >= 15 is 0 Å². The third-order valence-corrected chi connectivity index (χ3v) is 9.82. The number of amides is 2. The number of carbonyl (C=O) groups is 2. The second kappa shape index (κ2) is 14.6. The number of sulfonamides is 1. The number of benzene rings is 3. The van der Waals surface area contributed by atoms with E-state index in [-0.39, 0.29) is 23.4 Å². The molecule has 0 unspecified atom stereocenters. The fraction of sp³-hybridized carbons (Fsp3) is 0.412. The second-order valence-corrected chi connectivity index (χ2v) is 13.2. The molecule has 43 heavy (non-hydrogen) atoms. The molecule has 230 valence electrons. The highest BCUT2D eigenvalue weighted by molar-refractivity contribution is 7.92. The van der Waals surface area contributed by atoms with E-state index in [9.17, 15) is 18.0 Å². The summed E-state index contributed by atoms with van der Waals surface area (Å²) in [6.07, 6.45) is 5.53. The number of rotatable bonds is 12. The van der Waals surface area contributed by atoms with Crippen LogP contribution in [0.15, 0.2) is 77.7 Å². The summed E-state index contributed by atoms with van der Waals surface area (Å²) in [7, 11) is -2.52. The van der Waals surface area contributed by atoms with Crippen LogP contribution in [0.3, 0.4) is 0 Å². The predicted molar refractivity (Wildman–Crippen MR) is 170 cm³/mol. The maximum atomic E-state index is 14.3. The van der Waals surface area contributed by atoms with Gasteiger partial charge in [-0.05, 0) is 80.6 Å². The van der Waals surface area contributed by atoms with E-state index in [1.165, 1.54) is 4.90 Å². The fourth-order valence-corrected chi connectivity index (χ4v) is 6.95. The molecule has 1 aliphatic rings. The van der Waals surface area contributed by atoms with Gasteiger partial charge < -0.3 is 15.0 Å². The molecule has 1 atom stereocenters. The molecule has 2 amide bonds. The van der Waals surface area contributed by atoms with Crippen LogP contribution in [-0.2, 0) is 26.2 Å². The second-order valence-electron chi connectivity index (χ2n) is 11.3. The maximum absolute atomic E-state index is 14.3. The summed E-state index contributed by atoms with van der Waals surface area (Å²) in [5.41, 5.74) is 2.99. The Bertz CT molecular complexity index is 1480. The number of nitrogens with zero attached hydrogens (tertiary/aromatic N) is 2. The first-order chi connectivity index (χ1) is 20.6.